The van der Waals surface area contributed by atoms with E-state index in [0.29, 0.717) is 24.9 Å². The van der Waals surface area contributed by atoms with Crippen LogP contribution in [-0.4, -0.2) is 29.3 Å². The summed E-state index contributed by atoms with van der Waals surface area (Å²) in [7, 11) is 0. The molecule has 0 aromatic heterocycles. The Morgan fingerprint density at radius 2 is 1.77 bits per heavy atom. The second kappa shape index (κ2) is 8.91. The highest BCUT2D eigenvalue weighted by Crippen LogP contribution is 2.35. The van der Waals surface area contributed by atoms with E-state index in [4.69, 9.17) is 11.6 Å². The predicted octanol–water partition coefficient (Wildman–Crippen LogP) is 5.86. The molecule has 2 amide bonds. The third-order valence-electron chi connectivity index (χ3n) is 5.83. The molecule has 2 atom stereocenters. The van der Waals surface area contributed by atoms with Crippen molar-refractivity contribution in [3.63, 3.8) is 0 Å². The molecule has 31 heavy (non-hydrogen) atoms. The Balaban J connectivity index is 1.81. The zero-order chi connectivity index (χ0) is 22.9. The standard InChI is InChI=1S/C23H24ClF3N2O2/c1-13-6-4-7-14(2)20(13)22(31)29-11-5-8-17(15(29)3)21(30)28-19-12-16(23(25,26)27)9-10-18(19)24/h4,6-7,9-10,12,15,17H,5,8,11H2,1-3H3,(H,28,30)/t15-,17?/m0/s1. The molecule has 0 saturated carbocycles. The smallest absolute Gasteiger partial charge is 0.335 e. The number of benzene rings is 2. The summed E-state index contributed by atoms with van der Waals surface area (Å²) < 4.78 is 39.1. The Labute approximate surface area is 184 Å². The van der Waals surface area contributed by atoms with Crippen molar-refractivity contribution in [2.45, 2.75) is 45.8 Å². The summed E-state index contributed by atoms with van der Waals surface area (Å²) in [4.78, 5) is 27.9. The fourth-order valence-electron chi connectivity index (χ4n) is 4.10. The summed E-state index contributed by atoms with van der Waals surface area (Å²) in [6, 6.07) is 8.02. The molecule has 1 aliphatic rings. The molecule has 1 saturated heterocycles. The largest absolute Gasteiger partial charge is 0.416 e. The third-order valence-corrected chi connectivity index (χ3v) is 6.16. The lowest BCUT2D eigenvalue weighted by molar-refractivity contribution is -0.137. The van der Waals surface area contributed by atoms with Crippen LogP contribution in [0, 0.1) is 19.8 Å². The number of hydrogen-bond donors (Lipinski definition) is 1. The van der Waals surface area contributed by atoms with E-state index >= 15 is 0 Å². The maximum Gasteiger partial charge on any atom is 0.416 e. The Hall–Kier alpha value is -2.54. The van der Waals surface area contributed by atoms with Gasteiger partial charge in [-0.15, -0.1) is 0 Å². The molecule has 1 aliphatic heterocycles. The fourth-order valence-corrected chi connectivity index (χ4v) is 4.26. The van der Waals surface area contributed by atoms with E-state index in [1.54, 1.807) is 11.8 Å². The molecule has 1 unspecified atom stereocenters. The number of alkyl halides is 3. The number of amides is 2. The van der Waals surface area contributed by atoms with Crippen LogP contribution in [0.4, 0.5) is 18.9 Å². The Morgan fingerprint density at radius 3 is 2.39 bits per heavy atom. The van der Waals surface area contributed by atoms with Crippen LogP contribution >= 0.6 is 11.6 Å². The van der Waals surface area contributed by atoms with E-state index < -0.39 is 29.6 Å². The maximum atomic E-state index is 13.2. The third kappa shape index (κ3) is 4.87. The first-order valence-electron chi connectivity index (χ1n) is 10.1. The van der Waals surface area contributed by atoms with E-state index in [2.05, 4.69) is 5.32 Å². The number of hydrogen-bond acceptors (Lipinski definition) is 2. The number of piperidine rings is 1. The molecule has 0 aliphatic carbocycles. The molecule has 1 fully saturated rings. The minimum Gasteiger partial charge on any atom is -0.335 e. The first kappa shape index (κ1) is 23.1. The lowest BCUT2D eigenvalue weighted by Gasteiger charge is -2.39. The minimum absolute atomic E-state index is 0.0216. The highest BCUT2D eigenvalue weighted by atomic mass is 35.5. The summed E-state index contributed by atoms with van der Waals surface area (Å²) in [5.41, 5.74) is 1.36. The van der Waals surface area contributed by atoms with Gasteiger partial charge in [0.1, 0.15) is 0 Å². The van der Waals surface area contributed by atoms with Gasteiger partial charge in [-0.05, 0) is 62.9 Å². The zero-order valence-electron chi connectivity index (χ0n) is 17.5. The second-order valence-electron chi connectivity index (χ2n) is 7.94. The number of carbonyl (C=O) groups is 2. The number of anilines is 1. The van der Waals surface area contributed by atoms with Crippen LogP contribution in [0.5, 0.6) is 0 Å². The molecule has 2 aromatic rings. The number of halogens is 4. The van der Waals surface area contributed by atoms with Crippen LogP contribution in [0.1, 0.15) is 46.8 Å². The molecule has 2 aromatic carbocycles. The summed E-state index contributed by atoms with van der Waals surface area (Å²) in [6.07, 6.45) is -3.40. The molecule has 0 radical (unpaired) electrons. The molecule has 4 nitrogen and oxygen atoms in total. The van der Waals surface area contributed by atoms with Crippen molar-refractivity contribution in [1.29, 1.82) is 0 Å². The van der Waals surface area contributed by atoms with Crippen molar-refractivity contribution in [3.05, 3.63) is 63.7 Å². The molecule has 0 bridgehead atoms. The number of nitrogens with one attached hydrogen (secondary N) is 1. The van der Waals surface area contributed by atoms with Crippen molar-refractivity contribution in [3.8, 4) is 0 Å². The van der Waals surface area contributed by atoms with E-state index in [1.807, 2.05) is 32.0 Å². The van der Waals surface area contributed by atoms with Gasteiger partial charge < -0.3 is 10.2 Å². The van der Waals surface area contributed by atoms with Gasteiger partial charge in [-0.25, -0.2) is 0 Å². The van der Waals surface area contributed by atoms with Crippen LogP contribution in [0.3, 0.4) is 0 Å². The SMILES string of the molecule is Cc1cccc(C)c1C(=O)N1CCCC(C(=O)Nc2cc(C(F)(F)F)ccc2Cl)[C@@H]1C. The number of aryl methyl sites for hydroxylation is 2. The normalized spacial score (nSPS) is 19.3. The molecule has 8 heteroatoms. The lowest BCUT2D eigenvalue weighted by Crippen LogP contribution is -2.50. The van der Waals surface area contributed by atoms with E-state index in [0.717, 1.165) is 29.3 Å². The average molecular weight is 453 g/mol. The predicted molar refractivity (Wildman–Crippen MR) is 114 cm³/mol. The molecular formula is C23H24ClF3N2O2. The van der Waals surface area contributed by atoms with E-state index in [-0.39, 0.29) is 16.6 Å². The highest BCUT2D eigenvalue weighted by Gasteiger charge is 2.37. The number of nitrogens with zero attached hydrogens (tertiary/aromatic N) is 1. The average Bonchev–Trinajstić information content (AvgIpc) is 2.68. The van der Waals surface area contributed by atoms with Gasteiger partial charge >= 0.3 is 6.18 Å². The topological polar surface area (TPSA) is 49.4 Å². The van der Waals surface area contributed by atoms with Crippen molar-refractivity contribution in [2.75, 3.05) is 11.9 Å². The lowest BCUT2D eigenvalue weighted by atomic mass is 9.88. The van der Waals surface area contributed by atoms with E-state index in [9.17, 15) is 22.8 Å². The van der Waals surface area contributed by atoms with Crippen molar-refractivity contribution >= 4 is 29.1 Å². The van der Waals surface area contributed by atoms with Gasteiger partial charge in [-0.3, -0.25) is 9.59 Å². The van der Waals surface area contributed by atoms with Gasteiger partial charge in [0.05, 0.1) is 22.2 Å². The summed E-state index contributed by atoms with van der Waals surface area (Å²) in [5, 5.41) is 2.56. The highest BCUT2D eigenvalue weighted by molar-refractivity contribution is 6.33. The van der Waals surface area contributed by atoms with Gasteiger partial charge in [0.2, 0.25) is 5.91 Å². The van der Waals surface area contributed by atoms with Crippen LogP contribution in [0.15, 0.2) is 36.4 Å². The van der Waals surface area contributed by atoms with Gasteiger partial charge in [0.25, 0.3) is 5.91 Å². The first-order chi connectivity index (χ1) is 14.5. The molecule has 1 heterocycles. The maximum absolute atomic E-state index is 13.2. The van der Waals surface area contributed by atoms with Gasteiger partial charge in [0.15, 0.2) is 0 Å². The Bertz CT molecular complexity index is 987. The number of likely N-dealkylation sites (tertiary alicyclic amines) is 1. The molecule has 1 N–H and O–H groups in total. The van der Waals surface area contributed by atoms with Gasteiger partial charge in [0, 0.05) is 18.2 Å². The monoisotopic (exact) mass is 452 g/mol. The molecule has 166 valence electrons. The minimum atomic E-state index is -4.54. The quantitative estimate of drug-likeness (QED) is 0.634. The Morgan fingerprint density at radius 1 is 1.13 bits per heavy atom. The number of carbonyl (C=O) groups excluding carboxylic acids is 2. The van der Waals surface area contributed by atoms with Crippen LogP contribution in [0.2, 0.25) is 5.02 Å². The van der Waals surface area contributed by atoms with Gasteiger partial charge in [-0.1, -0.05) is 29.8 Å². The van der Waals surface area contributed by atoms with Crippen molar-refractivity contribution < 1.29 is 22.8 Å². The zero-order valence-corrected chi connectivity index (χ0v) is 18.3. The summed E-state index contributed by atoms with van der Waals surface area (Å²) >= 11 is 6.01. The van der Waals surface area contributed by atoms with Crippen molar-refractivity contribution in [2.24, 2.45) is 5.92 Å². The van der Waals surface area contributed by atoms with Gasteiger partial charge in [-0.2, -0.15) is 13.2 Å². The fraction of sp³-hybridized carbons (Fsp3) is 0.391. The second-order valence-corrected chi connectivity index (χ2v) is 8.34. The van der Waals surface area contributed by atoms with Crippen LogP contribution in [-0.2, 0) is 11.0 Å². The molecular weight excluding hydrogens is 429 g/mol. The summed E-state index contributed by atoms with van der Waals surface area (Å²) in [6.45, 7) is 6.05. The first-order valence-corrected chi connectivity index (χ1v) is 10.4. The van der Waals surface area contributed by atoms with Crippen LogP contribution in [0.25, 0.3) is 0 Å². The molecule has 3 rings (SSSR count). The van der Waals surface area contributed by atoms with E-state index in [1.165, 1.54) is 0 Å². The van der Waals surface area contributed by atoms with Crippen LogP contribution < -0.4 is 5.32 Å². The Kier molecular flexibility index (Phi) is 6.65. The molecule has 0 spiro atoms. The summed E-state index contributed by atoms with van der Waals surface area (Å²) in [5.74, 6) is -1.15. The number of rotatable bonds is 3. The van der Waals surface area contributed by atoms with Crippen molar-refractivity contribution in [1.82, 2.24) is 4.90 Å².